The molecule has 0 aromatic heterocycles. The van der Waals surface area contributed by atoms with Crippen LogP contribution in [-0.2, 0) is 0 Å². The topological polar surface area (TPSA) is 36.4 Å². The fraction of sp³-hybridized carbons (Fsp3) is 0.938. The molecule has 21 heavy (non-hydrogen) atoms. The van der Waals surface area contributed by atoms with Gasteiger partial charge in [-0.3, -0.25) is 4.99 Å². The van der Waals surface area contributed by atoms with Crippen molar-refractivity contribution in [1.29, 1.82) is 0 Å². The summed E-state index contributed by atoms with van der Waals surface area (Å²) in [5.41, 5.74) is 0. The molecule has 0 bridgehead atoms. The van der Waals surface area contributed by atoms with E-state index in [1.807, 2.05) is 18.8 Å². The smallest absolute Gasteiger partial charge is 0.191 e. The van der Waals surface area contributed by atoms with Crippen molar-refractivity contribution >= 4 is 41.7 Å². The van der Waals surface area contributed by atoms with Crippen molar-refractivity contribution in [2.24, 2.45) is 16.8 Å². The van der Waals surface area contributed by atoms with Gasteiger partial charge >= 0.3 is 0 Å². The Labute approximate surface area is 151 Å². The molecule has 2 aliphatic carbocycles. The maximum Gasteiger partial charge on any atom is 0.191 e. The summed E-state index contributed by atoms with van der Waals surface area (Å²) < 4.78 is 0. The van der Waals surface area contributed by atoms with Gasteiger partial charge in [0.1, 0.15) is 0 Å². The number of unbranched alkanes of at least 4 members (excludes halogenated alkanes) is 1. The summed E-state index contributed by atoms with van der Waals surface area (Å²) >= 11 is 1.93. The van der Waals surface area contributed by atoms with Crippen molar-refractivity contribution < 1.29 is 0 Å². The molecule has 2 N–H and O–H groups in total. The second-order valence-electron chi connectivity index (χ2n) is 6.25. The van der Waals surface area contributed by atoms with Gasteiger partial charge in [-0.1, -0.05) is 32.1 Å². The summed E-state index contributed by atoms with van der Waals surface area (Å²) in [7, 11) is 1.88. The van der Waals surface area contributed by atoms with Crippen LogP contribution in [0.5, 0.6) is 0 Å². The molecule has 2 atom stereocenters. The van der Waals surface area contributed by atoms with Crippen molar-refractivity contribution in [1.82, 2.24) is 10.6 Å². The monoisotopic (exact) mass is 425 g/mol. The lowest BCUT2D eigenvalue weighted by Crippen LogP contribution is -2.40. The summed E-state index contributed by atoms with van der Waals surface area (Å²) in [5.74, 6) is 4.18. The number of rotatable bonds is 7. The molecule has 2 aliphatic rings. The third kappa shape index (κ3) is 6.97. The zero-order valence-corrected chi connectivity index (χ0v) is 16.7. The molecule has 0 aromatic carbocycles. The van der Waals surface area contributed by atoms with Gasteiger partial charge in [-0.2, -0.15) is 11.8 Å². The minimum absolute atomic E-state index is 0. The molecule has 5 heteroatoms. The number of hydrogen-bond donors (Lipinski definition) is 2. The van der Waals surface area contributed by atoms with Crippen molar-refractivity contribution in [3.63, 3.8) is 0 Å². The van der Waals surface area contributed by atoms with E-state index in [2.05, 4.69) is 21.9 Å². The Kier molecular flexibility index (Phi) is 10.1. The number of guanidine groups is 1. The second-order valence-corrected chi connectivity index (χ2v) is 7.23. The molecule has 2 fully saturated rings. The molecule has 2 saturated carbocycles. The molecule has 2 unspecified atom stereocenters. The van der Waals surface area contributed by atoms with E-state index in [-0.39, 0.29) is 24.0 Å². The predicted molar refractivity (Wildman–Crippen MR) is 106 cm³/mol. The molecular weight excluding hydrogens is 393 g/mol. The number of aliphatic imine (C=N–C) groups is 1. The molecule has 3 nitrogen and oxygen atoms in total. The Hall–Kier alpha value is 0.350. The molecular formula is C16H32IN3S. The van der Waals surface area contributed by atoms with Gasteiger partial charge in [0.05, 0.1) is 0 Å². The van der Waals surface area contributed by atoms with E-state index in [4.69, 9.17) is 0 Å². The van der Waals surface area contributed by atoms with Gasteiger partial charge < -0.3 is 10.6 Å². The van der Waals surface area contributed by atoms with Crippen LogP contribution in [0.25, 0.3) is 0 Å². The summed E-state index contributed by atoms with van der Waals surface area (Å²) in [6.07, 6.45) is 13.3. The molecule has 0 radical (unpaired) electrons. The molecule has 2 rings (SSSR count). The Morgan fingerprint density at radius 1 is 1.19 bits per heavy atom. The fourth-order valence-corrected chi connectivity index (χ4v) is 3.91. The van der Waals surface area contributed by atoms with E-state index in [1.54, 1.807) is 0 Å². The highest BCUT2D eigenvalue weighted by Gasteiger charge is 2.43. The van der Waals surface area contributed by atoms with Crippen LogP contribution < -0.4 is 10.6 Å². The van der Waals surface area contributed by atoms with E-state index in [0.29, 0.717) is 6.04 Å². The van der Waals surface area contributed by atoms with Crippen molar-refractivity contribution in [2.45, 2.75) is 57.4 Å². The van der Waals surface area contributed by atoms with Crippen LogP contribution in [0, 0.1) is 11.8 Å². The van der Waals surface area contributed by atoms with Crippen LogP contribution in [-0.4, -0.2) is 37.6 Å². The molecule has 0 spiro atoms. The molecule has 0 amide bonds. The van der Waals surface area contributed by atoms with Gasteiger partial charge in [0.15, 0.2) is 5.96 Å². The number of thioether (sulfide) groups is 1. The first-order valence-corrected chi connectivity index (χ1v) is 9.70. The van der Waals surface area contributed by atoms with Gasteiger partial charge in [0.2, 0.25) is 0 Å². The van der Waals surface area contributed by atoms with Gasteiger partial charge in [0.25, 0.3) is 0 Å². The average Bonchev–Trinajstić information content (AvgIpc) is 3.26. The van der Waals surface area contributed by atoms with Crippen LogP contribution >= 0.6 is 35.7 Å². The third-order valence-electron chi connectivity index (χ3n) is 4.71. The van der Waals surface area contributed by atoms with Crippen LogP contribution in [0.1, 0.15) is 51.4 Å². The lowest BCUT2D eigenvalue weighted by atomic mass is 9.85. The van der Waals surface area contributed by atoms with Gasteiger partial charge in [-0.25, -0.2) is 0 Å². The Morgan fingerprint density at radius 3 is 2.62 bits per heavy atom. The van der Waals surface area contributed by atoms with Crippen LogP contribution in [0.3, 0.4) is 0 Å². The van der Waals surface area contributed by atoms with Crippen LogP contribution in [0.15, 0.2) is 4.99 Å². The lowest BCUT2D eigenvalue weighted by Gasteiger charge is -2.22. The summed E-state index contributed by atoms with van der Waals surface area (Å²) in [5, 5.41) is 7.07. The Balaban J connectivity index is 0.00000220. The second kappa shape index (κ2) is 11.0. The largest absolute Gasteiger partial charge is 0.356 e. The van der Waals surface area contributed by atoms with E-state index < -0.39 is 0 Å². The van der Waals surface area contributed by atoms with Crippen LogP contribution in [0.2, 0.25) is 0 Å². The maximum absolute atomic E-state index is 4.35. The standard InChI is InChI=1S/C16H31N3S.HI/c1-17-16(18-10-6-7-11-20-2)19-15-12-14(15)13-8-4-3-5-9-13;/h13-15H,3-12H2,1-2H3,(H2,17,18,19);1H. The zero-order chi connectivity index (χ0) is 14.2. The van der Waals surface area contributed by atoms with E-state index in [1.165, 1.54) is 57.1 Å². The summed E-state index contributed by atoms with van der Waals surface area (Å²) in [4.78, 5) is 4.35. The highest BCUT2D eigenvalue weighted by molar-refractivity contribution is 14.0. The number of nitrogens with one attached hydrogen (secondary N) is 2. The summed E-state index contributed by atoms with van der Waals surface area (Å²) in [6.45, 7) is 1.04. The van der Waals surface area contributed by atoms with Gasteiger partial charge in [0, 0.05) is 19.6 Å². The van der Waals surface area contributed by atoms with Crippen molar-refractivity contribution in [2.75, 3.05) is 25.6 Å². The molecule has 124 valence electrons. The predicted octanol–water partition coefficient (Wildman–Crippen LogP) is 3.88. The van der Waals surface area contributed by atoms with E-state index in [0.717, 1.165) is 24.3 Å². The van der Waals surface area contributed by atoms with E-state index >= 15 is 0 Å². The SMILES string of the molecule is CN=C(NCCCCSC)NC1CC1C1CCCCC1.I. The molecule has 0 aliphatic heterocycles. The lowest BCUT2D eigenvalue weighted by molar-refractivity contribution is 0.315. The summed E-state index contributed by atoms with van der Waals surface area (Å²) in [6, 6.07) is 0.690. The Morgan fingerprint density at radius 2 is 1.95 bits per heavy atom. The number of nitrogens with zero attached hydrogens (tertiary/aromatic N) is 1. The highest BCUT2D eigenvalue weighted by Crippen LogP contribution is 2.44. The van der Waals surface area contributed by atoms with Crippen molar-refractivity contribution in [3.8, 4) is 0 Å². The number of hydrogen-bond acceptors (Lipinski definition) is 2. The van der Waals surface area contributed by atoms with Gasteiger partial charge in [-0.15, -0.1) is 24.0 Å². The fourth-order valence-electron chi connectivity index (χ4n) is 3.41. The number of halogens is 1. The van der Waals surface area contributed by atoms with Crippen molar-refractivity contribution in [3.05, 3.63) is 0 Å². The average molecular weight is 425 g/mol. The normalized spacial score (nSPS) is 26.1. The Bertz CT molecular complexity index is 306. The highest BCUT2D eigenvalue weighted by atomic mass is 127. The third-order valence-corrected chi connectivity index (χ3v) is 5.41. The maximum atomic E-state index is 4.35. The zero-order valence-electron chi connectivity index (χ0n) is 13.6. The first kappa shape index (κ1) is 19.4. The van der Waals surface area contributed by atoms with Crippen LogP contribution in [0.4, 0.5) is 0 Å². The molecule has 0 saturated heterocycles. The molecule has 0 aromatic rings. The minimum atomic E-state index is 0. The van der Waals surface area contributed by atoms with E-state index in [9.17, 15) is 0 Å². The minimum Gasteiger partial charge on any atom is -0.356 e. The quantitative estimate of drug-likeness (QED) is 0.281. The first-order chi connectivity index (χ1) is 9.85. The van der Waals surface area contributed by atoms with Gasteiger partial charge in [-0.05, 0) is 43.1 Å². The first-order valence-electron chi connectivity index (χ1n) is 8.31. The molecule has 0 heterocycles.